The third-order valence-electron chi connectivity index (χ3n) is 3.07. The van der Waals surface area contributed by atoms with Crippen LogP contribution >= 0.6 is 12.2 Å². The second-order valence-electron chi connectivity index (χ2n) is 4.66. The summed E-state index contributed by atoms with van der Waals surface area (Å²) in [6.07, 6.45) is 4.65. The quantitative estimate of drug-likeness (QED) is 0.376. The minimum atomic E-state index is -0.529. The van der Waals surface area contributed by atoms with Gasteiger partial charge in [0.2, 0.25) is 0 Å². The molecule has 118 valence electrons. The van der Waals surface area contributed by atoms with Gasteiger partial charge in [0.05, 0.1) is 0 Å². The molecule has 0 bridgehead atoms. The van der Waals surface area contributed by atoms with Gasteiger partial charge in [-0.2, -0.15) is 0 Å². The summed E-state index contributed by atoms with van der Waals surface area (Å²) in [5, 5.41) is 2.58. The Morgan fingerprint density at radius 2 is 1.96 bits per heavy atom. The standard InChI is InChI=1S/C17H16N2O3S/c1-3-9-19-16(21)13(15(20)18-17(19)23)11-12-7-5-6-8-14(12)22-10-4-2/h3-8,11H,1-2,9-10H2,(H,18,20,23). The number of para-hydroxylation sites is 1. The summed E-state index contributed by atoms with van der Waals surface area (Å²) in [7, 11) is 0. The molecule has 1 aromatic carbocycles. The lowest BCUT2D eigenvalue weighted by Gasteiger charge is -2.27. The Morgan fingerprint density at radius 3 is 2.65 bits per heavy atom. The molecule has 1 aromatic rings. The summed E-state index contributed by atoms with van der Waals surface area (Å²) in [6, 6.07) is 7.12. The zero-order chi connectivity index (χ0) is 16.8. The van der Waals surface area contributed by atoms with Crippen LogP contribution in [-0.4, -0.2) is 35.0 Å². The molecule has 0 atom stereocenters. The summed E-state index contributed by atoms with van der Waals surface area (Å²) in [5.41, 5.74) is 0.620. The molecule has 0 unspecified atom stereocenters. The molecular formula is C17H16N2O3S. The van der Waals surface area contributed by atoms with Crippen LogP contribution in [0, 0.1) is 0 Å². The number of thiocarbonyl (C=S) groups is 1. The Hall–Kier alpha value is -2.73. The van der Waals surface area contributed by atoms with Gasteiger partial charge < -0.3 is 4.74 Å². The smallest absolute Gasteiger partial charge is 0.265 e. The lowest BCUT2D eigenvalue weighted by atomic mass is 10.1. The Labute approximate surface area is 139 Å². The lowest BCUT2D eigenvalue weighted by molar-refractivity contribution is -0.128. The van der Waals surface area contributed by atoms with Crippen molar-refractivity contribution < 1.29 is 14.3 Å². The number of hydrogen-bond donors (Lipinski definition) is 1. The molecule has 1 saturated heterocycles. The van der Waals surface area contributed by atoms with E-state index >= 15 is 0 Å². The fourth-order valence-electron chi connectivity index (χ4n) is 2.02. The fourth-order valence-corrected chi connectivity index (χ4v) is 2.27. The van der Waals surface area contributed by atoms with Gasteiger partial charge in [-0.3, -0.25) is 19.8 Å². The number of amides is 2. The highest BCUT2D eigenvalue weighted by atomic mass is 32.1. The minimum Gasteiger partial charge on any atom is -0.489 e. The van der Waals surface area contributed by atoms with Crippen molar-refractivity contribution >= 4 is 35.2 Å². The van der Waals surface area contributed by atoms with E-state index in [2.05, 4.69) is 18.5 Å². The second kappa shape index (κ2) is 7.51. The highest BCUT2D eigenvalue weighted by molar-refractivity contribution is 7.80. The van der Waals surface area contributed by atoms with Crippen molar-refractivity contribution in [1.82, 2.24) is 10.2 Å². The number of nitrogens with one attached hydrogen (secondary N) is 1. The number of benzene rings is 1. The second-order valence-corrected chi connectivity index (χ2v) is 5.05. The molecule has 23 heavy (non-hydrogen) atoms. The predicted molar refractivity (Wildman–Crippen MR) is 92.8 cm³/mol. The first kappa shape index (κ1) is 16.6. The molecule has 1 heterocycles. The molecule has 0 spiro atoms. The normalized spacial score (nSPS) is 16.3. The van der Waals surface area contributed by atoms with Crippen LogP contribution < -0.4 is 10.1 Å². The van der Waals surface area contributed by atoms with Gasteiger partial charge in [-0.15, -0.1) is 6.58 Å². The van der Waals surface area contributed by atoms with Gasteiger partial charge >= 0.3 is 0 Å². The lowest BCUT2D eigenvalue weighted by Crippen LogP contribution is -2.53. The van der Waals surface area contributed by atoms with E-state index in [1.807, 2.05) is 6.07 Å². The number of nitrogens with zero attached hydrogens (tertiary/aromatic N) is 1. The van der Waals surface area contributed by atoms with Crippen molar-refractivity contribution in [2.45, 2.75) is 0 Å². The molecule has 1 N–H and O–H groups in total. The Balaban J connectivity index is 2.39. The SMILES string of the molecule is C=CCOc1ccccc1C=C1C(=O)NC(=S)N(CC=C)C1=O. The molecule has 0 radical (unpaired) electrons. The summed E-state index contributed by atoms with van der Waals surface area (Å²) in [6.45, 7) is 7.73. The molecule has 5 nitrogen and oxygen atoms in total. The summed E-state index contributed by atoms with van der Waals surface area (Å²) in [4.78, 5) is 25.8. The van der Waals surface area contributed by atoms with Crippen molar-refractivity contribution in [2.24, 2.45) is 0 Å². The zero-order valence-electron chi connectivity index (χ0n) is 12.5. The van der Waals surface area contributed by atoms with E-state index in [-0.39, 0.29) is 17.2 Å². The van der Waals surface area contributed by atoms with E-state index in [4.69, 9.17) is 17.0 Å². The monoisotopic (exact) mass is 328 g/mol. The van der Waals surface area contributed by atoms with Gasteiger partial charge in [0.1, 0.15) is 17.9 Å². The number of carbonyl (C=O) groups excluding carboxylic acids is 2. The van der Waals surface area contributed by atoms with Crippen LogP contribution in [0.1, 0.15) is 5.56 Å². The van der Waals surface area contributed by atoms with Crippen molar-refractivity contribution in [3.63, 3.8) is 0 Å². The Bertz CT molecular complexity index is 710. The third kappa shape index (κ3) is 3.73. The molecule has 1 aliphatic heterocycles. The maximum Gasteiger partial charge on any atom is 0.265 e. The largest absolute Gasteiger partial charge is 0.489 e. The van der Waals surface area contributed by atoms with Crippen LogP contribution in [0.4, 0.5) is 0 Å². The van der Waals surface area contributed by atoms with E-state index in [1.54, 1.807) is 30.4 Å². The average Bonchev–Trinajstić information content (AvgIpc) is 2.54. The van der Waals surface area contributed by atoms with E-state index in [0.29, 0.717) is 17.9 Å². The third-order valence-corrected chi connectivity index (χ3v) is 3.40. The first-order valence-corrected chi connectivity index (χ1v) is 7.31. The van der Waals surface area contributed by atoms with E-state index in [9.17, 15) is 9.59 Å². The van der Waals surface area contributed by atoms with Crippen molar-refractivity contribution in [1.29, 1.82) is 0 Å². The maximum absolute atomic E-state index is 12.5. The first-order valence-electron chi connectivity index (χ1n) is 6.91. The molecule has 0 aliphatic carbocycles. The zero-order valence-corrected chi connectivity index (χ0v) is 13.3. The van der Waals surface area contributed by atoms with Gasteiger partial charge in [0.15, 0.2) is 5.11 Å². The van der Waals surface area contributed by atoms with Crippen LogP contribution in [0.2, 0.25) is 0 Å². The number of carbonyl (C=O) groups is 2. The molecule has 1 fully saturated rings. The van der Waals surface area contributed by atoms with Crippen LogP contribution in [0.25, 0.3) is 6.08 Å². The highest BCUT2D eigenvalue weighted by Gasteiger charge is 2.32. The molecule has 1 aliphatic rings. The number of ether oxygens (including phenoxy) is 1. The van der Waals surface area contributed by atoms with E-state index in [1.165, 1.54) is 11.0 Å². The first-order chi connectivity index (χ1) is 11.1. The molecular weight excluding hydrogens is 312 g/mol. The van der Waals surface area contributed by atoms with Crippen LogP contribution in [0.3, 0.4) is 0 Å². The van der Waals surface area contributed by atoms with Crippen LogP contribution in [-0.2, 0) is 9.59 Å². The van der Waals surface area contributed by atoms with Gasteiger partial charge in [0.25, 0.3) is 11.8 Å². The minimum absolute atomic E-state index is 0.00453. The maximum atomic E-state index is 12.5. The van der Waals surface area contributed by atoms with Gasteiger partial charge in [-0.25, -0.2) is 0 Å². The summed E-state index contributed by atoms with van der Waals surface area (Å²) in [5.74, 6) is -0.431. The van der Waals surface area contributed by atoms with Gasteiger partial charge in [-0.1, -0.05) is 36.9 Å². The average molecular weight is 328 g/mol. The highest BCUT2D eigenvalue weighted by Crippen LogP contribution is 2.23. The topological polar surface area (TPSA) is 58.6 Å². The van der Waals surface area contributed by atoms with Crippen molar-refractivity contribution in [3.8, 4) is 5.75 Å². The Morgan fingerprint density at radius 1 is 1.22 bits per heavy atom. The number of rotatable bonds is 6. The van der Waals surface area contributed by atoms with Gasteiger partial charge in [0, 0.05) is 12.1 Å². The summed E-state index contributed by atoms with van der Waals surface area (Å²) < 4.78 is 5.53. The fraction of sp³-hybridized carbons (Fsp3) is 0.118. The number of hydrogen-bond acceptors (Lipinski definition) is 4. The molecule has 0 aromatic heterocycles. The molecule has 2 rings (SSSR count). The molecule has 6 heteroatoms. The van der Waals surface area contributed by atoms with E-state index in [0.717, 1.165) is 0 Å². The molecule has 2 amide bonds. The molecule has 0 saturated carbocycles. The van der Waals surface area contributed by atoms with Crippen molar-refractivity contribution in [2.75, 3.05) is 13.2 Å². The summed E-state index contributed by atoms with van der Waals surface area (Å²) >= 11 is 5.01. The van der Waals surface area contributed by atoms with Gasteiger partial charge in [-0.05, 0) is 24.4 Å². The predicted octanol–water partition coefficient (Wildman–Crippen LogP) is 2.06. The van der Waals surface area contributed by atoms with Crippen LogP contribution in [0.15, 0.2) is 55.1 Å². The Kier molecular flexibility index (Phi) is 5.43. The van der Waals surface area contributed by atoms with E-state index < -0.39 is 11.8 Å². The van der Waals surface area contributed by atoms with Crippen molar-refractivity contribution in [3.05, 3.63) is 60.7 Å². The van der Waals surface area contributed by atoms with Crippen LogP contribution in [0.5, 0.6) is 5.75 Å².